The summed E-state index contributed by atoms with van der Waals surface area (Å²) in [6, 6.07) is 3.87. The molecule has 0 bridgehead atoms. The van der Waals surface area contributed by atoms with E-state index in [1.165, 1.54) is 0 Å². The Morgan fingerprint density at radius 1 is 1.31 bits per heavy atom. The van der Waals surface area contributed by atoms with Crippen LogP contribution >= 0.6 is 0 Å². The molecule has 0 radical (unpaired) electrons. The van der Waals surface area contributed by atoms with E-state index < -0.39 is 0 Å². The molecule has 1 rings (SSSR count). The molecule has 0 unspecified atom stereocenters. The second-order valence-electron chi connectivity index (χ2n) is 4.11. The summed E-state index contributed by atoms with van der Waals surface area (Å²) in [5.74, 6) is 0.0706. The van der Waals surface area contributed by atoms with E-state index in [4.69, 9.17) is 0 Å². The van der Waals surface area contributed by atoms with Crippen molar-refractivity contribution in [2.75, 3.05) is 0 Å². The van der Waals surface area contributed by atoms with Gasteiger partial charge in [-0.25, -0.2) is 0 Å². The second kappa shape index (κ2) is 3.64. The van der Waals surface area contributed by atoms with E-state index in [9.17, 15) is 4.79 Å². The highest BCUT2D eigenvalue weighted by molar-refractivity contribution is 5.80. The minimum atomic E-state index is -0.312. The van der Waals surface area contributed by atoms with Crippen LogP contribution in [0.3, 0.4) is 0 Å². The molecule has 0 spiro atoms. The van der Waals surface area contributed by atoms with Gasteiger partial charge in [0.15, 0.2) is 0 Å². The minimum Gasteiger partial charge on any atom is -0.338 e. The fourth-order valence-corrected chi connectivity index (χ4v) is 0.904. The number of nitrogens with one attached hydrogen (secondary N) is 1. The van der Waals surface area contributed by atoms with E-state index in [0.29, 0.717) is 6.67 Å². The molecule has 3 nitrogen and oxygen atoms in total. The molecule has 0 aliphatic heterocycles. The summed E-state index contributed by atoms with van der Waals surface area (Å²) in [5, 5.41) is 2.85. The van der Waals surface area contributed by atoms with Crippen LogP contribution in [-0.2, 0) is 11.5 Å². The number of aromatic nitrogens is 1. The van der Waals surface area contributed by atoms with Gasteiger partial charge in [0.05, 0.1) is 6.67 Å². The first kappa shape index (κ1) is 9.84. The zero-order chi connectivity index (χ0) is 9.90. The van der Waals surface area contributed by atoms with Gasteiger partial charge in [-0.2, -0.15) is 0 Å². The van der Waals surface area contributed by atoms with Crippen LogP contribution in [0.4, 0.5) is 0 Å². The van der Waals surface area contributed by atoms with Gasteiger partial charge in [-0.05, 0) is 12.1 Å². The van der Waals surface area contributed by atoms with Gasteiger partial charge in [0.2, 0.25) is 5.91 Å². The monoisotopic (exact) mass is 180 g/mol. The van der Waals surface area contributed by atoms with Crippen molar-refractivity contribution in [1.82, 2.24) is 9.88 Å². The van der Waals surface area contributed by atoms with E-state index >= 15 is 0 Å². The quantitative estimate of drug-likeness (QED) is 0.737. The van der Waals surface area contributed by atoms with E-state index in [-0.39, 0.29) is 11.3 Å². The smallest absolute Gasteiger partial charge is 0.226 e. The Labute approximate surface area is 78.8 Å². The van der Waals surface area contributed by atoms with Crippen LogP contribution in [0.2, 0.25) is 0 Å². The lowest BCUT2D eigenvalue weighted by Crippen LogP contribution is -2.35. The number of nitrogens with zero attached hydrogens (tertiary/aromatic N) is 1. The first-order valence-electron chi connectivity index (χ1n) is 4.39. The highest BCUT2D eigenvalue weighted by Gasteiger charge is 2.20. The molecule has 1 aromatic rings. The van der Waals surface area contributed by atoms with Crippen molar-refractivity contribution < 1.29 is 4.79 Å². The number of rotatable bonds is 2. The average molecular weight is 180 g/mol. The van der Waals surface area contributed by atoms with Crippen molar-refractivity contribution in [3.05, 3.63) is 24.5 Å². The summed E-state index contributed by atoms with van der Waals surface area (Å²) in [4.78, 5) is 11.4. The van der Waals surface area contributed by atoms with Gasteiger partial charge in [-0.15, -0.1) is 0 Å². The molecule has 0 aliphatic carbocycles. The van der Waals surface area contributed by atoms with Crippen LogP contribution < -0.4 is 5.32 Å². The van der Waals surface area contributed by atoms with Crippen LogP contribution in [-0.4, -0.2) is 10.5 Å². The van der Waals surface area contributed by atoms with Crippen molar-refractivity contribution >= 4 is 5.91 Å². The molecule has 1 N–H and O–H groups in total. The topological polar surface area (TPSA) is 34.0 Å². The molecule has 1 heterocycles. The van der Waals surface area contributed by atoms with Gasteiger partial charge in [0.1, 0.15) is 0 Å². The van der Waals surface area contributed by atoms with Gasteiger partial charge in [-0.3, -0.25) is 4.79 Å². The number of carbonyl (C=O) groups is 1. The molecule has 13 heavy (non-hydrogen) atoms. The van der Waals surface area contributed by atoms with E-state index in [0.717, 1.165) is 0 Å². The summed E-state index contributed by atoms with van der Waals surface area (Å²) in [7, 11) is 0. The molecule has 0 aliphatic rings. The van der Waals surface area contributed by atoms with Crippen molar-refractivity contribution in [2.24, 2.45) is 5.41 Å². The SMILES string of the molecule is CC(C)(C)C(=O)NCn1cccc1. The second-order valence-corrected chi connectivity index (χ2v) is 4.11. The van der Waals surface area contributed by atoms with Crippen LogP contribution in [0.5, 0.6) is 0 Å². The number of carbonyl (C=O) groups excluding carboxylic acids is 1. The van der Waals surface area contributed by atoms with Crippen molar-refractivity contribution in [3.8, 4) is 0 Å². The maximum atomic E-state index is 11.4. The predicted molar refractivity (Wildman–Crippen MR) is 52.0 cm³/mol. The molecule has 1 amide bonds. The Kier molecular flexibility index (Phi) is 2.76. The summed E-state index contributed by atoms with van der Waals surface area (Å²) < 4.78 is 1.92. The van der Waals surface area contributed by atoms with Gasteiger partial charge in [0.25, 0.3) is 0 Å². The highest BCUT2D eigenvalue weighted by Crippen LogP contribution is 2.12. The highest BCUT2D eigenvalue weighted by atomic mass is 16.2. The lowest BCUT2D eigenvalue weighted by molar-refractivity contribution is -0.129. The Morgan fingerprint density at radius 2 is 1.85 bits per heavy atom. The maximum absolute atomic E-state index is 11.4. The van der Waals surface area contributed by atoms with E-state index in [1.54, 1.807) is 0 Å². The molecule has 0 saturated heterocycles. The summed E-state index contributed by atoms with van der Waals surface area (Å²) in [5.41, 5.74) is -0.312. The summed E-state index contributed by atoms with van der Waals surface area (Å²) in [6.07, 6.45) is 3.84. The third-order valence-corrected chi connectivity index (χ3v) is 1.77. The van der Waals surface area contributed by atoms with E-state index in [2.05, 4.69) is 5.32 Å². The molecular formula is C10H16N2O. The molecule has 72 valence electrons. The Balaban J connectivity index is 2.40. The molecule has 0 aromatic carbocycles. The zero-order valence-electron chi connectivity index (χ0n) is 8.37. The number of hydrogen-bond acceptors (Lipinski definition) is 1. The lowest BCUT2D eigenvalue weighted by Gasteiger charge is -2.17. The average Bonchev–Trinajstić information content (AvgIpc) is 2.50. The number of hydrogen-bond donors (Lipinski definition) is 1. The number of amides is 1. The first-order chi connectivity index (χ1) is 6.00. The summed E-state index contributed by atoms with van der Waals surface area (Å²) in [6.45, 7) is 6.25. The standard InChI is InChI=1S/C10H16N2O/c1-10(2,3)9(13)11-8-12-6-4-5-7-12/h4-7H,8H2,1-3H3,(H,11,13). The van der Waals surface area contributed by atoms with Gasteiger partial charge < -0.3 is 9.88 Å². The third kappa shape index (κ3) is 2.93. The maximum Gasteiger partial charge on any atom is 0.226 e. The summed E-state index contributed by atoms with van der Waals surface area (Å²) >= 11 is 0. The lowest BCUT2D eigenvalue weighted by atomic mass is 9.96. The van der Waals surface area contributed by atoms with Crippen LogP contribution in [0.15, 0.2) is 24.5 Å². The Hall–Kier alpha value is -1.25. The Bertz CT molecular complexity index is 270. The normalized spacial score (nSPS) is 11.3. The van der Waals surface area contributed by atoms with Gasteiger partial charge in [0, 0.05) is 17.8 Å². The van der Waals surface area contributed by atoms with Crippen LogP contribution in [0, 0.1) is 5.41 Å². The largest absolute Gasteiger partial charge is 0.338 e. The fourth-order valence-electron chi connectivity index (χ4n) is 0.904. The van der Waals surface area contributed by atoms with Gasteiger partial charge >= 0.3 is 0 Å². The molecule has 0 saturated carbocycles. The Morgan fingerprint density at radius 3 is 2.31 bits per heavy atom. The molecule has 3 heteroatoms. The van der Waals surface area contributed by atoms with Crippen molar-refractivity contribution in [1.29, 1.82) is 0 Å². The zero-order valence-corrected chi connectivity index (χ0v) is 8.37. The fraction of sp³-hybridized carbons (Fsp3) is 0.500. The molecule has 0 fully saturated rings. The molecule has 0 atom stereocenters. The molecule has 1 aromatic heterocycles. The van der Waals surface area contributed by atoms with Crippen molar-refractivity contribution in [3.63, 3.8) is 0 Å². The minimum absolute atomic E-state index is 0.0706. The van der Waals surface area contributed by atoms with Gasteiger partial charge in [-0.1, -0.05) is 20.8 Å². The predicted octanol–water partition coefficient (Wildman–Crippen LogP) is 1.61. The molecular weight excluding hydrogens is 164 g/mol. The van der Waals surface area contributed by atoms with Crippen LogP contribution in [0.1, 0.15) is 20.8 Å². The third-order valence-electron chi connectivity index (χ3n) is 1.77. The first-order valence-corrected chi connectivity index (χ1v) is 4.39. The van der Waals surface area contributed by atoms with E-state index in [1.807, 2.05) is 49.9 Å². The van der Waals surface area contributed by atoms with Crippen molar-refractivity contribution in [2.45, 2.75) is 27.4 Å². The van der Waals surface area contributed by atoms with Crippen LogP contribution in [0.25, 0.3) is 0 Å².